The van der Waals surface area contributed by atoms with E-state index in [1.165, 1.54) is 0 Å². The zero-order chi connectivity index (χ0) is 51.7. The van der Waals surface area contributed by atoms with Crippen LogP contribution in [0.3, 0.4) is 0 Å². The quantitative estimate of drug-likeness (QED) is 0.0510. The Bertz CT molecular complexity index is 1300. The molecular formula is C34H49F21O12. The van der Waals surface area contributed by atoms with E-state index in [0.29, 0.717) is 66.1 Å². The van der Waals surface area contributed by atoms with Gasteiger partial charge in [-0.1, -0.05) is 0 Å². The number of rotatable bonds is 43. The number of hydrogen-bond donors (Lipinski definition) is 1. The van der Waals surface area contributed by atoms with Crippen LogP contribution in [0.25, 0.3) is 0 Å². The summed E-state index contributed by atoms with van der Waals surface area (Å²) in [7, 11) is 0. The second-order valence-electron chi connectivity index (χ2n) is 13.0. The van der Waals surface area contributed by atoms with E-state index in [0.717, 1.165) is 0 Å². The van der Waals surface area contributed by atoms with Gasteiger partial charge < -0.3 is 57.2 Å². The molecule has 0 spiro atoms. The van der Waals surface area contributed by atoms with Gasteiger partial charge in [0.15, 0.2) is 0 Å². The smallest absolute Gasteiger partial charge is 0.394 e. The lowest BCUT2D eigenvalue weighted by Crippen LogP contribution is -2.76. The molecular weight excluding hydrogens is 999 g/mol. The molecule has 0 atom stereocenters. The molecule has 0 heterocycles. The molecule has 0 saturated carbocycles. The molecule has 0 amide bonds. The molecule has 0 fully saturated rings. The van der Waals surface area contributed by atoms with E-state index >= 15 is 0 Å². The summed E-state index contributed by atoms with van der Waals surface area (Å²) in [5.74, 6) is -77.3. The molecule has 0 radical (unpaired) electrons. The number of ether oxygens (including phenoxy) is 11. The first-order valence-corrected chi connectivity index (χ1v) is 19.2. The van der Waals surface area contributed by atoms with Crippen molar-refractivity contribution in [2.75, 3.05) is 152 Å². The minimum Gasteiger partial charge on any atom is -0.394 e. The first kappa shape index (κ1) is 65.0. The van der Waals surface area contributed by atoms with Crippen molar-refractivity contribution in [3.8, 4) is 0 Å². The van der Waals surface area contributed by atoms with E-state index in [1.807, 2.05) is 0 Å². The summed E-state index contributed by atoms with van der Waals surface area (Å²) in [5, 5.41) is 8.56. The summed E-state index contributed by atoms with van der Waals surface area (Å²) >= 11 is 0. The lowest BCUT2D eigenvalue weighted by Gasteiger charge is -2.44. The van der Waals surface area contributed by atoms with Crippen molar-refractivity contribution in [1.82, 2.24) is 0 Å². The van der Waals surface area contributed by atoms with Crippen LogP contribution in [-0.2, 0) is 52.1 Å². The van der Waals surface area contributed by atoms with Gasteiger partial charge in [-0.3, -0.25) is 0 Å². The van der Waals surface area contributed by atoms with Crippen molar-refractivity contribution in [3.63, 3.8) is 0 Å². The van der Waals surface area contributed by atoms with E-state index < -0.39 is 85.7 Å². The molecule has 12 nitrogen and oxygen atoms in total. The van der Waals surface area contributed by atoms with Gasteiger partial charge in [0.2, 0.25) is 0 Å². The molecule has 0 saturated heterocycles. The monoisotopic (exact) mass is 1050 g/mol. The Morgan fingerprint density at radius 1 is 0.209 bits per heavy atom. The molecule has 67 heavy (non-hydrogen) atoms. The Morgan fingerprint density at radius 3 is 0.567 bits per heavy atom. The molecule has 33 heteroatoms. The van der Waals surface area contributed by atoms with Gasteiger partial charge in [-0.15, -0.1) is 0 Å². The molecule has 0 aromatic rings. The van der Waals surface area contributed by atoms with Crippen molar-refractivity contribution in [3.05, 3.63) is 0 Å². The summed E-state index contributed by atoms with van der Waals surface area (Å²) in [6.07, 6.45) is -10.9. The molecule has 0 bridgehead atoms. The largest absolute Gasteiger partial charge is 0.460 e. The fraction of sp³-hybridized carbons (Fsp3) is 1.00. The molecule has 0 aliphatic rings. The Kier molecular flexibility index (Phi) is 28.6. The van der Waals surface area contributed by atoms with Gasteiger partial charge in [-0.2, -0.15) is 92.2 Å². The van der Waals surface area contributed by atoms with Gasteiger partial charge in [0.25, 0.3) is 0 Å². The molecule has 0 aliphatic heterocycles. The van der Waals surface area contributed by atoms with Crippen LogP contribution in [0.5, 0.6) is 0 Å². The highest BCUT2D eigenvalue weighted by molar-refractivity contribution is 5.17. The van der Waals surface area contributed by atoms with Gasteiger partial charge in [0.05, 0.1) is 152 Å². The van der Waals surface area contributed by atoms with Crippen LogP contribution in [0.1, 0.15) is 6.42 Å². The number of halogens is 21. The van der Waals surface area contributed by atoms with Crippen LogP contribution in [0.4, 0.5) is 92.2 Å². The summed E-state index contributed by atoms with van der Waals surface area (Å²) in [4.78, 5) is 0. The minimum absolute atomic E-state index is 0.0148. The lowest BCUT2D eigenvalue weighted by molar-refractivity contribution is -0.474. The fourth-order valence-corrected chi connectivity index (χ4v) is 4.31. The fourth-order valence-electron chi connectivity index (χ4n) is 4.31. The molecule has 0 aromatic heterocycles. The van der Waals surface area contributed by atoms with E-state index in [9.17, 15) is 92.2 Å². The van der Waals surface area contributed by atoms with Gasteiger partial charge in [0, 0.05) is 6.42 Å². The molecule has 0 unspecified atom stereocenters. The highest BCUT2D eigenvalue weighted by atomic mass is 19.4. The van der Waals surface area contributed by atoms with Crippen LogP contribution in [0.2, 0.25) is 0 Å². The predicted molar refractivity (Wildman–Crippen MR) is 181 cm³/mol. The maximum atomic E-state index is 14.0. The Morgan fingerprint density at radius 2 is 0.373 bits per heavy atom. The molecule has 0 rings (SSSR count). The van der Waals surface area contributed by atoms with E-state index in [4.69, 9.17) is 52.5 Å². The third-order valence-corrected chi connectivity index (χ3v) is 8.09. The topological polar surface area (TPSA) is 122 Å². The third kappa shape index (κ3) is 18.3. The average molecular weight is 1050 g/mol. The Labute approximate surface area is 367 Å². The highest BCUT2D eigenvalue weighted by Crippen LogP contribution is 2.66. The summed E-state index contributed by atoms with van der Waals surface area (Å²) in [6, 6.07) is 0. The van der Waals surface area contributed by atoms with Crippen LogP contribution in [0.15, 0.2) is 0 Å². The Hall–Kier alpha value is -1.95. The molecule has 0 aromatic carbocycles. The Balaban J connectivity index is 4.25. The zero-order valence-electron chi connectivity index (χ0n) is 34.8. The van der Waals surface area contributed by atoms with Gasteiger partial charge in [-0.05, 0) is 0 Å². The molecule has 0 aliphatic carbocycles. The number of alkyl halides is 21. The second-order valence-corrected chi connectivity index (χ2v) is 13.0. The second kappa shape index (κ2) is 29.4. The van der Waals surface area contributed by atoms with Gasteiger partial charge in [-0.25, -0.2) is 0 Å². The molecule has 404 valence electrons. The summed E-state index contributed by atoms with van der Waals surface area (Å²) in [6.45, 7) is 1.14. The number of hydrogen-bond acceptors (Lipinski definition) is 12. The zero-order valence-corrected chi connectivity index (χ0v) is 34.8. The van der Waals surface area contributed by atoms with Gasteiger partial charge >= 0.3 is 59.5 Å². The van der Waals surface area contributed by atoms with E-state index in [2.05, 4.69) is 4.74 Å². The van der Waals surface area contributed by atoms with Crippen LogP contribution in [-0.4, -0.2) is 217 Å². The normalized spacial score (nSPS) is 14.4. The van der Waals surface area contributed by atoms with Gasteiger partial charge in [0.1, 0.15) is 0 Å². The predicted octanol–water partition coefficient (Wildman–Crippen LogP) is 6.83. The van der Waals surface area contributed by atoms with Crippen LogP contribution in [0, 0.1) is 0 Å². The highest BCUT2D eigenvalue weighted by Gasteiger charge is 2.97. The average Bonchev–Trinajstić information content (AvgIpc) is 3.22. The lowest BCUT2D eigenvalue weighted by atomic mass is 9.86. The van der Waals surface area contributed by atoms with E-state index in [1.54, 1.807) is 0 Å². The van der Waals surface area contributed by atoms with Crippen molar-refractivity contribution in [1.29, 1.82) is 0 Å². The van der Waals surface area contributed by atoms with Crippen molar-refractivity contribution in [2.24, 2.45) is 0 Å². The third-order valence-electron chi connectivity index (χ3n) is 8.09. The molecule has 1 N–H and O–H groups in total. The minimum atomic E-state index is -9.21. The summed E-state index contributed by atoms with van der Waals surface area (Å²) in [5.41, 5.74) is 0. The standard InChI is InChI=1S/C34H49F21O12/c35-25(36,26(37,38)27(39,40)28(41,42)29(43,44)30(45,46)31(47,48)32(49,50)33(51,52)34(53,54)55)1-3-57-5-7-59-9-11-61-13-15-63-17-19-65-21-23-67-24-22-66-20-18-64-16-14-62-12-10-60-8-6-58-4-2-56/h56H,1-24H2. The van der Waals surface area contributed by atoms with Crippen molar-refractivity contribution < 1.29 is 149 Å². The number of aliphatic hydroxyl groups is 1. The maximum Gasteiger partial charge on any atom is 0.460 e. The van der Waals surface area contributed by atoms with Crippen molar-refractivity contribution >= 4 is 0 Å². The SMILES string of the molecule is OCCOCCOCCOCCOCCOCCOCCOCCOCCOCCOCCOCCC(F)(F)C(F)(F)C(F)(F)C(F)(F)C(F)(F)C(F)(F)C(F)(F)C(F)(F)C(F)(F)C(F)(F)F. The van der Waals surface area contributed by atoms with Crippen LogP contribution >= 0.6 is 0 Å². The first-order valence-electron chi connectivity index (χ1n) is 19.2. The maximum absolute atomic E-state index is 14.0. The number of aliphatic hydroxyl groups excluding tert-OH is 1. The first-order chi connectivity index (χ1) is 30.8. The summed E-state index contributed by atoms with van der Waals surface area (Å²) < 4.78 is 339. The van der Waals surface area contributed by atoms with Crippen LogP contribution < -0.4 is 0 Å². The van der Waals surface area contributed by atoms with E-state index in [-0.39, 0.29) is 66.1 Å². The van der Waals surface area contributed by atoms with Crippen molar-refractivity contribution in [2.45, 2.75) is 65.9 Å².